The lowest BCUT2D eigenvalue weighted by Crippen LogP contribution is -2.40. The number of hydrogen-bond donors (Lipinski definition) is 1. The number of carbonyl (C=O) groups excluding carboxylic acids is 1. The zero-order chi connectivity index (χ0) is 17.8. The molecule has 2 aliphatic heterocycles. The van der Waals surface area contributed by atoms with Crippen molar-refractivity contribution in [3.8, 4) is 5.75 Å². The lowest BCUT2D eigenvalue weighted by molar-refractivity contribution is -0.141. The summed E-state index contributed by atoms with van der Waals surface area (Å²) in [4.78, 5) is 25.4. The number of carbonyl (C=O) groups is 2. The van der Waals surface area contributed by atoms with Crippen LogP contribution in [0.25, 0.3) is 0 Å². The third-order valence-electron chi connectivity index (χ3n) is 4.70. The third-order valence-corrected chi connectivity index (χ3v) is 4.70. The zero-order valence-corrected chi connectivity index (χ0v) is 14.2. The maximum absolute atomic E-state index is 12.6. The molecule has 0 aromatic heterocycles. The first-order chi connectivity index (χ1) is 12.1. The van der Waals surface area contributed by atoms with Gasteiger partial charge in [-0.2, -0.15) is 0 Å². The number of rotatable bonds is 6. The molecule has 1 N–H and O–H groups in total. The van der Waals surface area contributed by atoms with Crippen LogP contribution in [0.15, 0.2) is 24.3 Å². The van der Waals surface area contributed by atoms with E-state index in [0.29, 0.717) is 24.3 Å². The number of nitrogens with zero attached hydrogens (tertiary/aromatic N) is 1. The summed E-state index contributed by atoms with van der Waals surface area (Å²) in [6, 6.07) is 5.91. The van der Waals surface area contributed by atoms with Crippen LogP contribution in [0.3, 0.4) is 0 Å². The van der Waals surface area contributed by atoms with Crippen LogP contribution >= 0.6 is 0 Å². The minimum Gasteiger partial charge on any atom is -0.491 e. The normalized spacial score (nSPS) is 26.0. The van der Waals surface area contributed by atoms with E-state index < -0.39 is 12.0 Å². The van der Waals surface area contributed by atoms with Crippen LogP contribution in [0.1, 0.15) is 29.6 Å². The number of benzene rings is 1. The lowest BCUT2D eigenvalue weighted by Gasteiger charge is -2.21. The Kier molecular flexibility index (Phi) is 5.55. The predicted molar refractivity (Wildman–Crippen MR) is 88.8 cm³/mol. The Labute approximate surface area is 146 Å². The maximum Gasteiger partial charge on any atom is 0.326 e. The van der Waals surface area contributed by atoms with Crippen molar-refractivity contribution in [3.63, 3.8) is 0 Å². The van der Waals surface area contributed by atoms with E-state index in [1.807, 2.05) is 0 Å². The van der Waals surface area contributed by atoms with Crippen molar-refractivity contribution in [1.82, 2.24) is 4.90 Å². The van der Waals surface area contributed by atoms with Crippen molar-refractivity contribution < 1.29 is 28.9 Å². The van der Waals surface area contributed by atoms with Crippen LogP contribution in [0.4, 0.5) is 0 Å². The molecule has 1 aromatic rings. The Hall–Kier alpha value is -2.12. The molecule has 3 rings (SSSR count). The third kappa shape index (κ3) is 4.11. The fraction of sp³-hybridized carbons (Fsp3) is 0.556. The maximum atomic E-state index is 12.6. The van der Waals surface area contributed by atoms with Gasteiger partial charge in [-0.3, -0.25) is 4.79 Å². The van der Waals surface area contributed by atoms with Crippen molar-refractivity contribution in [1.29, 1.82) is 0 Å². The first-order valence-electron chi connectivity index (χ1n) is 8.49. The highest BCUT2D eigenvalue weighted by Crippen LogP contribution is 2.24. The number of ether oxygens (including phenoxy) is 3. The molecule has 2 heterocycles. The topological polar surface area (TPSA) is 85.3 Å². The smallest absolute Gasteiger partial charge is 0.326 e. The number of aliphatic carboxylic acids is 1. The first kappa shape index (κ1) is 17.7. The molecule has 2 fully saturated rings. The van der Waals surface area contributed by atoms with Crippen LogP contribution in [0.2, 0.25) is 0 Å². The van der Waals surface area contributed by atoms with Gasteiger partial charge in [0.05, 0.1) is 12.2 Å². The molecule has 136 valence electrons. The van der Waals surface area contributed by atoms with Gasteiger partial charge in [-0.1, -0.05) is 0 Å². The van der Waals surface area contributed by atoms with E-state index in [1.165, 1.54) is 12.0 Å². The molecule has 1 amide bonds. The summed E-state index contributed by atoms with van der Waals surface area (Å²) >= 11 is 0. The van der Waals surface area contributed by atoms with Gasteiger partial charge in [0.25, 0.3) is 5.91 Å². The van der Waals surface area contributed by atoms with E-state index >= 15 is 0 Å². The molecular weight excluding hydrogens is 326 g/mol. The summed E-state index contributed by atoms with van der Waals surface area (Å²) in [5.74, 6) is -0.653. The largest absolute Gasteiger partial charge is 0.491 e. The number of amides is 1. The summed E-state index contributed by atoms with van der Waals surface area (Å²) in [7, 11) is 1.53. The van der Waals surface area contributed by atoms with Gasteiger partial charge in [-0.15, -0.1) is 0 Å². The number of likely N-dealkylation sites (tertiary alicyclic amines) is 1. The second-order valence-electron chi connectivity index (χ2n) is 6.38. The molecule has 3 unspecified atom stereocenters. The fourth-order valence-corrected chi connectivity index (χ4v) is 3.25. The highest BCUT2D eigenvalue weighted by molar-refractivity contribution is 5.97. The summed E-state index contributed by atoms with van der Waals surface area (Å²) in [6.07, 6.45) is 2.25. The Morgan fingerprint density at radius 2 is 2.08 bits per heavy atom. The SMILES string of the molecule is COC1CC(C(=O)O)N(C(=O)c2ccc(OCC3CCCO3)cc2)C1. The Morgan fingerprint density at radius 1 is 1.32 bits per heavy atom. The lowest BCUT2D eigenvalue weighted by atomic mass is 10.1. The summed E-state index contributed by atoms with van der Waals surface area (Å²) in [6.45, 7) is 1.56. The molecule has 0 bridgehead atoms. The molecule has 3 atom stereocenters. The highest BCUT2D eigenvalue weighted by Gasteiger charge is 2.40. The Bertz CT molecular complexity index is 610. The average Bonchev–Trinajstić information content (AvgIpc) is 3.29. The molecule has 0 saturated carbocycles. The van der Waals surface area contributed by atoms with Crippen molar-refractivity contribution in [2.75, 3.05) is 26.9 Å². The van der Waals surface area contributed by atoms with Crippen LogP contribution < -0.4 is 4.74 Å². The average molecular weight is 349 g/mol. The van der Waals surface area contributed by atoms with Crippen molar-refractivity contribution in [3.05, 3.63) is 29.8 Å². The van der Waals surface area contributed by atoms with Crippen LogP contribution in [-0.2, 0) is 14.3 Å². The van der Waals surface area contributed by atoms with E-state index in [0.717, 1.165) is 19.4 Å². The number of methoxy groups -OCH3 is 1. The van der Waals surface area contributed by atoms with Crippen LogP contribution in [0.5, 0.6) is 5.75 Å². The predicted octanol–water partition coefficient (Wildman–Crippen LogP) is 1.56. The zero-order valence-electron chi connectivity index (χ0n) is 14.2. The molecule has 25 heavy (non-hydrogen) atoms. The van der Waals surface area contributed by atoms with Gasteiger partial charge >= 0.3 is 5.97 Å². The van der Waals surface area contributed by atoms with Gasteiger partial charge in [0.1, 0.15) is 18.4 Å². The minimum absolute atomic E-state index is 0.133. The minimum atomic E-state index is -1.01. The fourth-order valence-electron chi connectivity index (χ4n) is 3.25. The van der Waals surface area contributed by atoms with Crippen LogP contribution in [0, 0.1) is 0 Å². The van der Waals surface area contributed by atoms with Crippen LogP contribution in [-0.4, -0.2) is 67.0 Å². The van der Waals surface area contributed by atoms with Gasteiger partial charge in [0.2, 0.25) is 0 Å². The Balaban J connectivity index is 1.62. The molecule has 2 aliphatic rings. The second-order valence-corrected chi connectivity index (χ2v) is 6.38. The van der Waals surface area contributed by atoms with E-state index in [4.69, 9.17) is 14.2 Å². The van der Waals surface area contributed by atoms with Gasteiger partial charge in [0.15, 0.2) is 0 Å². The summed E-state index contributed by atoms with van der Waals surface area (Å²) in [5.41, 5.74) is 0.437. The number of carboxylic acids is 1. The van der Waals surface area contributed by atoms with E-state index in [9.17, 15) is 14.7 Å². The Morgan fingerprint density at radius 3 is 2.68 bits per heavy atom. The molecular formula is C18H23NO6. The summed E-state index contributed by atoms with van der Waals surface area (Å²) in [5, 5.41) is 9.33. The molecule has 0 spiro atoms. The highest BCUT2D eigenvalue weighted by atomic mass is 16.5. The van der Waals surface area contributed by atoms with E-state index in [-0.39, 0.29) is 24.7 Å². The number of carboxylic acid groups (broad SMARTS) is 1. The molecule has 7 nitrogen and oxygen atoms in total. The van der Waals surface area contributed by atoms with Crippen molar-refractivity contribution >= 4 is 11.9 Å². The molecule has 2 saturated heterocycles. The first-order valence-corrected chi connectivity index (χ1v) is 8.49. The van der Waals surface area contributed by atoms with Crippen molar-refractivity contribution in [2.45, 2.75) is 37.5 Å². The second kappa shape index (κ2) is 7.84. The van der Waals surface area contributed by atoms with Crippen molar-refractivity contribution in [2.24, 2.45) is 0 Å². The van der Waals surface area contributed by atoms with Gasteiger partial charge in [-0.25, -0.2) is 4.79 Å². The molecule has 0 radical (unpaired) electrons. The van der Waals surface area contributed by atoms with Gasteiger partial charge in [0, 0.05) is 32.2 Å². The molecule has 7 heteroatoms. The van der Waals surface area contributed by atoms with E-state index in [2.05, 4.69) is 0 Å². The molecule has 1 aromatic carbocycles. The molecule has 0 aliphatic carbocycles. The van der Waals surface area contributed by atoms with Gasteiger partial charge in [-0.05, 0) is 37.1 Å². The number of hydrogen-bond acceptors (Lipinski definition) is 5. The standard InChI is InChI=1S/C18H23NO6/c1-23-15-9-16(18(21)22)19(10-15)17(20)12-4-6-13(7-5-12)25-11-14-3-2-8-24-14/h4-7,14-16H,2-3,8-11H2,1H3,(H,21,22). The quantitative estimate of drug-likeness (QED) is 0.839. The van der Waals surface area contributed by atoms with Gasteiger partial charge < -0.3 is 24.2 Å². The van der Waals surface area contributed by atoms with E-state index in [1.54, 1.807) is 24.3 Å². The summed E-state index contributed by atoms with van der Waals surface area (Å²) < 4.78 is 16.4. The monoisotopic (exact) mass is 349 g/mol.